The summed E-state index contributed by atoms with van der Waals surface area (Å²) in [5.41, 5.74) is 0. The minimum absolute atomic E-state index is 0.704. The van der Waals surface area contributed by atoms with Crippen LogP contribution in [0, 0.1) is 5.92 Å². The van der Waals surface area contributed by atoms with Crippen LogP contribution >= 0.6 is 11.8 Å². The van der Waals surface area contributed by atoms with Gasteiger partial charge in [0.05, 0.1) is 0 Å². The summed E-state index contributed by atoms with van der Waals surface area (Å²) < 4.78 is 0. The Hall–Kier alpha value is -0.830. The fraction of sp³-hybridized carbons (Fsp3) is 0.455. The van der Waals surface area contributed by atoms with E-state index in [2.05, 4.69) is 16.5 Å². The van der Waals surface area contributed by atoms with E-state index in [0.29, 0.717) is 5.25 Å². The Balaban J connectivity index is 1.89. The second kappa shape index (κ2) is 4.60. The maximum Gasteiger partial charge on any atom is 0.187 e. The van der Waals surface area contributed by atoms with Crippen LogP contribution in [0.4, 0.5) is 0 Å². The van der Waals surface area contributed by atoms with Gasteiger partial charge >= 0.3 is 0 Å². The molecule has 0 bridgehead atoms. The Morgan fingerprint density at radius 1 is 1.43 bits per heavy atom. The molecule has 1 fully saturated rings. The van der Waals surface area contributed by atoms with Gasteiger partial charge in [0, 0.05) is 17.6 Å². The van der Waals surface area contributed by atoms with E-state index < -0.39 is 0 Å². The van der Waals surface area contributed by atoms with Crippen LogP contribution in [-0.4, -0.2) is 15.2 Å². The molecule has 14 heavy (non-hydrogen) atoms. The van der Waals surface area contributed by atoms with Crippen molar-refractivity contribution in [3.63, 3.8) is 0 Å². The first-order valence-corrected chi connectivity index (χ1v) is 5.82. The highest BCUT2D eigenvalue weighted by Crippen LogP contribution is 2.41. The fourth-order valence-corrected chi connectivity index (χ4v) is 2.87. The summed E-state index contributed by atoms with van der Waals surface area (Å²) in [6.07, 6.45) is 9.37. The summed E-state index contributed by atoms with van der Waals surface area (Å²) in [7, 11) is 0. The van der Waals surface area contributed by atoms with Gasteiger partial charge in [-0.1, -0.05) is 17.8 Å². The van der Waals surface area contributed by atoms with Gasteiger partial charge < -0.3 is 0 Å². The summed E-state index contributed by atoms with van der Waals surface area (Å²) in [6, 6.07) is 1.85. The number of allylic oxidation sites excluding steroid dienone is 1. The lowest BCUT2D eigenvalue weighted by atomic mass is 9.82. The van der Waals surface area contributed by atoms with Crippen LogP contribution in [0.5, 0.6) is 0 Å². The molecule has 74 valence electrons. The molecule has 0 amide bonds. The van der Waals surface area contributed by atoms with Gasteiger partial charge in [-0.2, -0.15) is 0 Å². The third-order valence-electron chi connectivity index (χ3n) is 2.62. The van der Waals surface area contributed by atoms with E-state index in [1.165, 1.54) is 12.8 Å². The van der Waals surface area contributed by atoms with E-state index in [1.807, 2.05) is 23.9 Å². The quantitative estimate of drug-likeness (QED) is 0.559. The van der Waals surface area contributed by atoms with E-state index in [4.69, 9.17) is 0 Å². The zero-order valence-corrected chi connectivity index (χ0v) is 8.91. The van der Waals surface area contributed by atoms with Crippen molar-refractivity contribution >= 4 is 11.8 Å². The average Bonchev–Trinajstić information content (AvgIpc) is 2.23. The van der Waals surface area contributed by atoms with Gasteiger partial charge in [-0.15, -0.1) is 6.58 Å². The number of hydrogen-bond acceptors (Lipinski definition) is 3. The standard InChI is InChI=1S/C11H14N2S/c1-2-4-9-5-6-10(9)14-11-12-7-3-8-13-11/h2-3,7-10H,1,4-6H2/t9-,10-/m0/s1. The number of aromatic nitrogens is 2. The minimum atomic E-state index is 0.704. The highest BCUT2D eigenvalue weighted by atomic mass is 32.2. The van der Waals surface area contributed by atoms with Crippen LogP contribution in [0.25, 0.3) is 0 Å². The molecule has 1 aliphatic carbocycles. The molecule has 2 atom stereocenters. The van der Waals surface area contributed by atoms with Crippen molar-refractivity contribution in [2.75, 3.05) is 0 Å². The van der Waals surface area contributed by atoms with Gasteiger partial charge in [0.15, 0.2) is 5.16 Å². The molecule has 1 aliphatic rings. The lowest BCUT2D eigenvalue weighted by molar-refractivity contribution is 0.335. The van der Waals surface area contributed by atoms with E-state index in [1.54, 1.807) is 12.4 Å². The Morgan fingerprint density at radius 2 is 2.21 bits per heavy atom. The van der Waals surface area contributed by atoms with Crippen LogP contribution < -0.4 is 0 Å². The SMILES string of the molecule is C=CC[C@H]1CC[C@@H]1Sc1ncccn1. The van der Waals surface area contributed by atoms with Crippen LogP contribution in [0.2, 0.25) is 0 Å². The summed E-state index contributed by atoms with van der Waals surface area (Å²) in [5, 5.41) is 1.61. The molecule has 1 saturated carbocycles. The van der Waals surface area contributed by atoms with Crippen LogP contribution in [0.1, 0.15) is 19.3 Å². The van der Waals surface area contributed by atoms with Gasteiger partial charge in [0.1, 0.15) is 0 Å². The first kappa shape index (κ1) is 9.71. The normalized spacial score (nSPS) is 25.4. The molecule has 3 heteroatoms. The smallest absolute Gasteiger partial charge is 0.187 e. The largest absolute Gasteiger partial charge is 0.231 e. The molecule has 0 radical (unpaired) electrons. The van der Waals surface area contributed by atoms with Crippen molar-refractivity contribution in [1.29, 1.82) is 0 Å². The van der Waals surface area contributed by atoms with Gasteiger partial charge in [-0.25, -0.2) is 9.97 Å². The molecule has 2 rings (SSSR count). The Labute approximate surface area is 88.9 Å². The second-order valence-corrected chi connectivity index (χ2v) is 4.76. The molecule has 0 N–H and O–H groups in total. The lowest BCUT2D eigenvalue weighted by Crippen LogP contribution is -2.28. The van der Waals surface area contributed by atoms with Crippen molar-refractivity contribution in [2.45, 2.75) is 29.7 Å². The Kier molecular flexibility index (Phi) is 3.19. The van der Waals surface area contributed by atoms with Crippen molar-refractivity contribution in [2.24, 2.45) is 5.92 Å². The number of nitrogens with zero attached hydrogens (tertiary/aromatic N) is 2. The highest BCUT2D eigenvalue weighted by molar-refractivity contribution is 7.99. The molecule has 1 heterocycles. The topological polar surface area (TPSA) is 25.8 Å². The first-order chi connectivity index (χ1) is 6.90. The molecule has 0 spiro atoms. The number of rotatable bonds is 4. The van der Waals surface area contributed by atoms with Gasteiger partial charge in [-0.3, -0.25) is 0 Å². The maximum atomic E-state index is 4.22. The second-order valence-electron chi connectivity index (χ2n) is 3.55. The summed E-state index contributed by atoms with van der Waals surface area (Å²) >= 11 is 1.81. The van der Waals surface area contributed by atoms with E-state index in [0.717, 1.165) is 17.5 Å². The maximum absolute atomic E-state index is 4.22. The first-order valence-electron chi connectivity index (χ1n) is 4.94. The molecule has 0 aliphatic heterocycles. The van der Waals surface area contributed by atoms with Crippen LogP contribution in [0.3, 0.4) is 0 Å². The van der Waals surface area contributed by atoms with E-state index >= 15 is 0 Å². The third kappa shape index (κ3) is 2.15. The molecule has 1 aromatic heterocycles. The van der Waals surface area contributed by atoms with Crippen molar-refractivity contribution in [3.8, 4) is 0 Å². The molecule has 2 nitrogen and oxygen atoms in total. The molecule has 1 aromatic rings. The van der Waals surface area contributed by atoms with Crippen molar-refractivity contribution in [1.82, 2.24) is 9.97 Å². The highest BCUT2D eigenvalue weighted by Gasteiger charge is 2.30. The summed E-state index contributed by atoms with van der Waals surface area (Å²) in [6.45, 7) is 3.78. The average molecular weight is 206 g/mol. The van der Waals surface area contributed by atoms with Crippen molar-refractivity contribution < 1.29 is 0 Å². The monoisotopic (exact) mass is 206 g/mol. The van der Waals surface area contributed by atoms with Crippen molar-refractivity contribution in [3.05, 3.63) is 31.1 Å². The molecule has 0 aromatic carbocycles. The van der Waals surface area contributed by atoms with E-state index in [-0.39, 0.29) is 0 Å². The number of thioether (sulfide) groups is 1. The zero-order chi connectivity index (χ0) is 9.80. The van der Waals surface area contributed by atoms with Crippen LogP contribution in [0.15, 0.2) is 36.3 Å². The van der Waals surface area contributed by atoms with Gasteiger partial charge in [0.2, 0.25) is 0 Å². The van der Waals surface area contributed by atoms with Gasteiger partial charge in [-0.05, 0) is 31.2 Å². The predicted molar refractivity (Wildman–Crippen MR) is 59.2 cm³/mol. The van der Waals surface area contributed by atoms with Gasteiger partial charge in [0.25, 0.3) is 0 Å². The summed E-state index contributed by atoms with van der Waals surface area (Å²) in [5.74, 6) is 0.793. The minimum Gasteiger partial charge on any atom is -0.231 e. The molecule has 0 saturated heterocycles. The molecule has 0 unspecified atom stereocenters. The zero-order valence-electron chi connectivity index (χ0n) is 8.10. The number of hydrogen-bond donors (Lipinski definition) is 0. The van der Waals surface area contributed by atoms with E-state index in [9.17, 15) is 0 Å². The predicted octanol–water partition coefficient (Wildman–Crippen LogP) is 2.92. The Morgan fingerprint density at radius 3 is 2.79 bits per heavy atom. The Bertz CT molecular complexity index is 299. The summed E-state index contributed by atoms with van der Waals surface area (Å²) in [4.78, 5) is 8.44. The lowest BCUT2D eigenvalue weighted by Gasteiger charge is -2.34. The molecular formula is C11H14N2S. The third-order valence-corrected chi connectivity index (χ3v) is 3.96. The fourth-order valence-electron chi connectivity index (χ4n) is 1.66. The van der Waals surface area contributed by atoms with Crippen LogP contribution in [-0.2, 0) is 0 Å². The molecular weight excluding hydrogens is 192 g/mol.